The number of ether oxygens (including phenoxy) is 1. The zero-order valence-electron chi connectivity index (χ0n) is 13.2. The van der Waals surface area contributed by atoms with Crippen LogP contribution in [0, 0.1) is 0 Å². The van der Waals surface area contributed by atoms with Crippen molar-refractivity contribution in [1.82, 2.24) is 10.2 Å². The fraction of sp³-hybridized carbons (Fsp3) is 0.667. The maximum absolute atomic E-state index is 5.81. The average Bonchev–Trinajstić information content (AvgIpc) is 2.53. The topological polar surface area (TPSA) is 24.5 Å². The van der Waals surface area contributed by atoms with Gasteiger partial charge >= 0.3 is 0 Å². The third kappa shape index (κ3) is 3.24. The van der Waals surface area contributed by atoms with Crippen LogP contribution in [-0.4, -0.2) is 36.7 Å². The molecule has 1 aliphatic carbocycles. The largest absolute Gasteiger partial charge is 0.494 e. The second-order valence-corrected chi connectivity index (χ2v) is 6.42. The van der Waals surface area contributed by atoms with Gasteiger partial charge in [0.1, 0.15) is 5.75 Å². The fourth-order valence-electron chi connectivity index (χ4n) is 3.97. The number of piperazine rings is 1. The first-order chi connectivity index (χ1) is 10.3. The highest BCUT2D eigenvalue weighted by Crippen LogP contribution is 2.36. The van der Waals surface area contributed by atoms with Crippen molar-refractivity contribution < 1.29 is 4.74 Å². The molecule has 21 heavy (non-hydrogen) atoms. The van der Waals surface area contributed by atoms with Crippen molar-refractivity contribution >= 4 is 0 Å². The highest BCUT2D eigenvalue weighted by Gasteiger charge is 2.39. The predicted octanol–water partition coefficient (Wildman–Crippen LogP) is 3.19. The van der Waals surface area contributed by atoms with E-state index in [1.165, 1.54) is 37.7 Å². The van der Waals surface area contributed by atoms with E-state index in [9.17, 15) is 0 Å². The Labute approximate surface area is 128 Å². The van der Waals surface area contributed by atoms with Crippen molar-refractivity contribution in [3.05, 3.63) is 29.8 Å². The van der Waals surface area contributed by atoms with Crippen LogP contribution in [0.2, 0.25) is 0 Å². The van der Waals surface area contributed by atoms with Gasteiger partial charge in [-0.05, 0) is 25.8 Å². The molecule has 3 nitrogen and oxygen atoms in total. The molecule has 1 N–H and O–H groups in total. The van der Waals surface area contributed by atoms with E-state index in [-0.39, 0.29) is 0 Å². The van der Waals surface area contributed by atoms with Crippen molar-refractivity contribution in [3.8, 4) is 5.75 Å². The Bertz CT molecular complexity index is 446. The SMILES string of the molecule is CCOc1ccccc1CN1CCNCC12CCCCC2. The molecule has 1 heterocycles. The molecule has 2 fully saturated rings. The van der Waals surface area contributed by atoms with Gasteiger partial charge in [-0.3, -0.25) is 4.90 Å². The molecule has 1 saturated carbocycles. The summed E-state index contributed by atoms with van der Waals surface area (Å²) in [6, 6.07) is 8.54. The zero-order valence-corrected chi connectivity index (χ0v) is 13.2. The van der Waals surface area contributed by atoms with Crippen LogP contribution >= 0.6 is 0 Å². The smallest absolute Gasteiger partial charge is 0.123 e. The Kier molecular flexibility index (Phi) is 4.81. The Hall–Kier alpha value is -1.06. The van der Waals surface area contributed by atoms with Gasteiger partial charge in [0.05, 0.1) is 6.61 Å². The lowest BCUT2D eigenvalue weighted by molar-refractivity contribution is 0.0203. The predicted molar refractivity (Wildman–Crippen MR) is 86.7 cm³/mol. The lowest BCUT2D eigenvalue weighted by Gasteiger charge is -2.50. The molecule has 1 spiro atoms. The minimum Gasteiger partial charge on any atom is -0.494 e. The van der Waals surface area contributed by atoms with E-state index in [2.05, 4.69) is 41.4 Å². The summed E-state index contributed by atoms with van der Waals surface area (Å²) >= 11 is 0. The quantitative estimate of drug-likeness (QED) is 0.921. The molecule has 1 aromatic rings. The third-order valence-corrected chi connectivity index (χ3v) is 5.10. The van der Waals surface area contributed by atoms with Crippen molar-refractivity contribution in [2.75, 3.05) is 26.2 Å². The molecule has 1 aromatic carbocycles. The van der Waals surface area contributed by atoms with E-state index in [4.69, 9.17) is 4.74 Å². The van der Waals surface area contributed by atoms with Gasteiger partial charge in [-0.25, -0.2) is 0 Å². The minimum atomic E-state index is 0.385. The molecule has 2 aliphatic rings. The maximum atomic E-state index is 5.81. The fourth-order valence-corrected chi connectivity index (χ4v) is 3.97. The molecular formula is C18H28N2O. The monoisotopic (exact) mass is 288 g/mol. The second-order valence-electron chi connectivity index (χ2n) is 6.42. The van der Waals surface area contributed by atoms with E-state index in [0.29, 0.717) is 5.54 Å². The van der Waals surface area contributed by atoms with Crippen LogP contribution in [0.3, 0.4) is 0 Å². The minimum absolute atomic E-state index is 0.385. The first-order valence-electron chi connectivity index (χ1n) is 8.50. The molecule has 3 heteroatoms. The van der Waals surface area contributed by atoms with Crippen molar-refractivity contribution in [1.29, 1.82) is 0 Å². The Morgan fingerprint density at radius 1 is 1.19 bits per heavy atom. The van der Waals surface area contributed by atoms with Gasteiger partial charge in [0, 0.05) is 37.3 Å². The number of nitrogens with zero attached hydrogens (tertiary/aromatic N) is 1. The van der Waals surface area contributed by atoms with Crippen LogP contribution in [0.25, 0.3) is 0 Å². The highest BCUT2D eigenvalue weighted by atomic mass is 16.5. The van der Waals surface area contributed by atoms with E-state index in [1.807, 2.05) is 0 Å². The maximum Gasteiger partial charge on any atom is 0.123 e. The summed E-state index contributed by atoms with van der Waals surface area (Å²) in [6.45, 7) is 7.24. The van der Waals surface area contributed by atoms with Crippen molar-refractivity contribution in [3.63, 3.8) is 0 Å². The van der Waals surface area contributed by atoms with Gasteiger partial charge in [-0.2, -0.15) is 0 Å². The molecule has 1 aliphatic heterocycles. The normalized spacial score (nSPS) is 22.3. The van der Waals surface area contributed by atoms with Gasteiger partial charge in [0.15, 0.2) is 0 Å². The van der Waals surface area contributed by atoms with Crippen LogP contribution < -0.4 is 10.1 Å². The summed E-state index contributed by atoms with van der Waals surface area (Å²) in [5.41, 5.74) is 1.72. The summed E-state index contributed by atoms with van der Waals surface area (Å²) in [5.74, 6) is 1.06. The van der Waals surface area contributed by atoms with Crippen molar-refractivity contribution in [2.45, 2.75) is 51.1 Å². The highest BCUT2D eigenvalue weighted by molar-refractivity contribution is 5.33. The Morgan fingerprint density at radius 2 is 2.00 bits per heavy atom. The molecule has 0 bridgehead atoms. The van der Waals surface area contributed by atoms with E-state index in [0.717, 1.165) is 38.5 Å². The molecule has 0 unspecified atom stereocenters. The third-order valence-electron chi connectivity index (χ3n) is 5.10. The Balaban J connectivity index is 1.78. The second kappa shape index (κ2) is 6.80. The van der Waals surface area contributed by atoms with Gasteiger partial charge in [-0.1, -0.05) is 37.5 Å². The number of benzene rings is 1. The Morgan fingerprint density at radius 3 is 2.81 bits per heavy atom. The number of para-hydroxylation sites is 1. The van der Waals surface area contributed by atoms with E-state index >= 15 is 0 Å². The van der Waals surface area contributed by atoms with Crippen LogP contribution in [0.4, 0.5) is 0 Å². The average molecular weight is 288 g/mol. The van der Waals surface area contributed by atoms with Gasteiger partial charge in [0.25, 0.3) is 0 Å². The number of hydrogen-bond acceptors (Lipinski definition) is 3. The molecule has 0 atom stereocenters. The van der Waals surface area contributed by atoms with Gasteiger partial charge < -0.3 is 10.1 Å². The first kappa shape index (κ1) is 14.9. The number of rotatable bonds is 4. The summed E-state index contributed by atoms with van der Waals surface area (Å²) < 4.78 is 5.81. The van der Waals surface area contributed by atoms with E-state index < -0.39 is 0 Å². The van der Waals surface area contributed by atoms with Gasteiger partial charge in [-0.15, -0.1) is 0 Å². The van der Waals surface area contributed by atoms with E-state index in [1.54, 1.807) is 0 Å². The lowest BCUT2D eigenvalue weighted by Crippen LogP contribution is -2.61. The lowest BCUT2D eigenvalue weighted by atomic mass is 9.79. The molecule has 1 saturated heterocycles. The molecular weight excluding hydrogens is 260 g/mol. The molecule has 0 radical (unpaired) electrons. The summed E-state index contributed by atoms with van der Waals surface area (Å²) in [7, 11) is 0. The summed E-state index contributed by atoms with van der Waals surface area (Å²) in [4.78, 5) is 2.72. The number of hydrogen-bond donors (Lipinski definition) is 1. The molecule has 0 aromatic heterocycles. The first-order valence-corrected chi connectivity index (χ1v) is 8.50. The molecule has 0 amide bonds. The summed E-state index contributed by atoms with van der Waals surface area (Å²) in [6.07, 6.45) is 6.86. The van der Waals surface area contributed by atoms with Gasteiger partial charge in [0.2, 0.25) is 0 Å². The molecule has 3 rings (SSSR count). The van der Waals surface area contributed by atoms with Crippen LogP contribution in [-0.2, 0) is 6.54 Å². The zero-order chi connectivity index (χ0) is 14.5. The number of nitrogens with one attached hydrogen (secondary N) is 1. The van der Waals surface area contributed by atoms with Crippen LogP contribution in [0.1, 0.15) is 44.6 Å². The standard InChI is InChI=1S/C18H28N2O/c1-2-21-17-9-5-4-8-16(17)14-20-13-12-19-15-18(20)10-6-3-7-11-18/h4-5,8-9,19H,2-3,6-7,10-15H2,1H3. The molecule has 116 valence electrons. The van der Waals surface area contributed by atoms with Crippen LogP contribution in [0.5, 0.6) is 5.75 Å². The van der Waals surface area contributed by atoms with Crippen LogP contribution in [0.15, 0.2) is 24.3 Å². The van der Waals surface area contributed by atoms with Crippen molar-refractivity contribution in [2.24, 2.45) is 0 Å². The summed E-state index contributed by atoms with van der Waals surface area (Å²) in [5, 5.41) is 3.63.